The van der Waals surface area contributed by atoms with Gasteiger partial charge in [0, 0.05) is 39.1 Å². The molecule has 1 aliphatic heterocycles. The molecular formula is C22H27N7O2. The van der Waals surface area contributed by atoms with E-state index in [0.717, 1.165) is 18.5 Å². The van der Waals surface area contributed by atoms with Crippen molar-refractivity contribution >= 4 is 11.8 Å². The van der Waals surface area contributed by atoms with Gasteiger partial charge in [0.1, 0.15) is 0 Å². The normalized spacial score (nSPS) is 14.6. The minimum absolute atomic E-state index is 0.0110. The first-order chi connectivity index (χ1) is 15.1. The van der Waals surface area contributed by atoms with Crippen molar-refractivity contribution in [1.29, 1.82) is 0 Å². The molecule has 3 aromatic rings. The van der Waals surface area contributed by atoms with Crippen LogP contribution >= 0.6 is 0 Å². The van der Waals surface area contributed by atoms with Crippen LogP contribution in [0.5, 0.6) is 0 Å². The number of carbonyl (C=O) groups is 2. The smallest absolute Gasteiger partial charge is 0.257 e. The molecule has 31 heavy (non-hydrogen) atoms. The number of piperidine rings is 1. The number of amides is 2. The molecule has 1 saturated heterocycles. The van der Waals surface area contributed by atoms with Crippen LogP contribution in [-0.4, -0.2) is 60.9 Å². The highest BCUT2D eigenvalue weighted by atomic mass is 16.2. The van der Waals surface area contributed by atoms with Gasteiger partial charge in [0.25, 0.3) is 11.8 Å². The lowest BCUT2D eigenvalue weighted by Gasteiger charge is -2.32. The van der Waals surface area contributed by atoms with E-state index in [1.165, 1.54) is 0 Å². The van der Waals surface area contributed by atoms with Crippen LogP contribution in [0.4, 0.5) is 0 Å². The first-order valence-corrected chi connectivity index (χ1v) is 10.6. The molecule has 0 atom stereocenters. The van der Waals surface area contributed by atoms with E-state index in [4.69, 9.17) is 0 Å². The van der Waals surface area contributed by atoms with E-state index in [-0.39, 0.29) is 11.8 Å². The molecule has 3 aromatic heterocycles. The molecule has 0 saturated carbocycles. The zero-order valence-electron chi connectivity index (χ0n) is 17.9. The van der Waals surface area contributed by atoms with Gasteiger partial charge in [0.05, 0.1) is 29.2 Å². The van der Waals surface area contributed by atoms with Crippen LogP contribution in [0, 0.1) is 5.92 Å². The zero-order chi connectivity index (χ0) is 21.8. The summed E-state index contributed by atoms with van der Waals surface area (Å²) in [5.41, 5.74) is 2.07. The van der Waals surface area contributed by atoms with E-state index in [2.05, 4.69) is 20.5 Å². The van der Waals surface area contributed by atoms with Gasteiger partial charge >= 0.3 is 0 Å². The van der Waals surface area contributed by atoms with Crippen molar-refractivity contribution in [1.82, 2.24) is 34.8 Å². The SMILES string of the molecule is CCc1c(C(=O)N2CCC(CNC(=O)c3cnn(C)c3)CC2)cnn1-c1ccccn1. The molecule has 0 aliphatic carbocycles. The van der Waals surface area contributed by atoms with Crippen LogP contribution in [0.1, 0.15) is 46.2 Å². The van der Waals surface area contributed by atoms with Crippen molar-refractivity contribution in [2.75, 3.05) is 19.6 Å². The summed E-state index contributed by atoms with van der Waals surface area (Å²) in [7, 11) is 1.79. The molecule has 0 spiro atoms. The fourth-order valence-electron chi connectivity index (χ4n) is 3.96. The van der Waals surface area contributed by atoms with Gasteiger partial charge in [-0.1, -0.05) is 13.0 Å². The number of rotatable bonds is 6. The monoisotopic (exact) mass is 421 g/mol. The average molecular weight is 422 g/mol. The molecule has 1 N–H and O–H groups in total. The second-order valence-electron chi connectivity index (χ2n) is 7.81. The van der Waals surface area contributed by atoms with Crippen molar-refractivity contribution in [3.8, 4) is 5.82 Å². The van der Waals surface area contributed by atoms with Gasteiger partial charge in [-0.2, -0.15) is 10.2 Å². The topological polar surface area (TPSA) is 97.9 Å². The second-order valence-corrected chi connectivity index (χ2v) is 7.81. The molecule has 162 valence electrons. The third-order valence-corrected chi connectivity index (χ3v) is 5.72. The maximum absolute atomic E-state index is 13.2. The summed E-state index contributed by atoms with van der Waals surface area (Å²) in [6, 6.07) is 5.64. The standard InChI is InChI=1S/C22H27N7O2/c1-3-19-18(14-26-29(19)20-6-4-5-9-23-20)22(31)28-10-7-16(8-11-28)12-24-21(30)17-13-25-27(2)15-17/h4-6,9,13-16H,3,7-8,10-12H2,1-2H3,(H,24,30). The van der Waals surface area contributed by atoms with Gasteiger partial charge < -0.3 is 10.2 Å². The number of pyridine rings is 1. The lowest BCUT2D eigenvalue weighted by atomic mass is 9.96. The molecule has 2 amide bonds. The Labute approximate surface area is 181 Å². The lowest BCUT2D eigenvalue weighted by molar-refractivity contribution is 0.0683. The number of nitrogens with zero attached hydrogens (tertiary/aromatic N) is 6. The van der Waals surface area contributed by atoms with Crippen LogP contribution < -0.4 is 5.32 Å². The van der Waals surface area contributed by atoms with E-state index < -0.39 is 0 Å². The van der Waals surface area contributed by atoms with E-state index in [9.17, 15) is 9.59 Å². The summed E-state index contributed by atoms with van der Waals surface area (Å²) in [5.74, 6) is 0.964. The number of aryl methyl sites for hydroxylation is 1. The number of aromatic nitrogens is 5. The Morgan fingerprint density at radius 3 is 2.61 bits per heavy atom. The summed E-state index contributed by atoms with van der Waals surface area (Å²) in [6.45, 7) is 3.96. The maximum atomic E-state index is 13.2. The highest BCUT2D eigenvalue weighted by Gasteiger charge is 2.27. The van der Waals surface area contributed by atoms with Gasteiger partial charge in [-0.15, -0.1) is 0 Å². The maximum Gasteiger partial charge on any atom is 0.257 e. The first kappa shape index (κ1) is 20.8. The van der Waals surface area contributed by atoms with Gasteiger partial charge in [0.15, 0.2) is 5.82 Å². The Hall–Kier alpha value is -3.49. The van der Waals surface area contributed by atoms with Crippen molar-refractivity contribution in [3.05, 3.63) is 59.8 Å². The second kappa shape index (κ2) is 9.11. The largest absolute Gasteiger partial charge is 0.352 e. The molecular weight excluding hydrogens is 394 g/mol. The van der Waals surface area contributed by atoms with E-state index in [0.29, 0.717) is 48.9 Å². The van der Waals surface area contributed by atoms with Crippen molar-refractivity contribution in [2.45, 2.75) is 26.2 Å². The fraction of sp³-hybridized carbons (Fsp3) is 0.409. The lowest BCUT2D eigenvalue weighted by Crippen LogP contribution is -2.41. The predicted octanol–water partition coefficient (Wildman–Crippen LogP) is 1.85. The number of hydrogen-bond acceptors (Lipinski definition) is 5. The molecule has 1 aliphatic rings. The Bertz CT molecular complexity index is 1050. The quantitative estimate of drug-likeness (QED) is 0.655. The minimum atomic E-state index is -0.110. The van der Waals surface area contributed by atoms with Gasteiger partial charge in [-0.05, 0) is 37.3 Å². The zero-order valence-corrected chi connectivity index (χ0v) is 17.9. The molecule has 0 unspecified atom stereocenters. The first-order valence-electron chi connectivity index (χ1n) is 10.6. The summed E-state index contributed by atoms with van der Waals surface area (Å²) < 4.78 is 3.35. The van der Waals surface area contributed by atoms with Crippen molar-refractivity contribution < 1.29 is 9.59 Å². The van der Waals surface area contributed by atoms with Gasteiger partial charge in [-0.25, -0.2) is 9.67 Å². The third kappa shape index (κ3) is 4.50. The molecule has 0 radical (unpaired) electrons. The van der Waals surface area contributed by atoms with Crippen LogP contribution in [-0.2, 0) is 13.5 Å². The minimum Gasteiger partial charge on any atom is -0.352 e. The summed E-state index contributed by atoms with van der Waals surface area (Å²) in [4.78, 5) is 31.6. The van der Waals surface area contributed by atoms with Crippen molar-refractivity contribution in [2.24, 2.45) is 13.0 Å². The Morgan fingerprint density at radius 2 is 1.97 bits per heavy atom. The van der Waals surface area contributed by atoms with Crippen LogP contribution in [0.15, 0.2) is 43.0 Å². The average Bonchev–Trinajstić information content (AvgIpc) is 3.44. The van der Waals surface area contributed by atoms with E-state index >= 15 is 0 Å². The third-order valence-electron chi connectivity index (χ3n) is 5.72. The van der Waals surface area contributed by atoms with E-state index in [1.807, 2.05) is 30.0 Å². The fourth-order valence-corrected chi connectivity index (χ4v) is 3.96. The van der Waals surface area contributed by atoms with Crippen molar-refractivity contribution in [3.63, 3.8) is 0 Å². The van der Waals surface area contributed by atoms with Gasteiger partial charge in [0.2, 0.25) is 0 Å². The number of likely N-dealkylation sites (tertiary alicyclic amines) is 1. The van der Waals surface area contributed by atoms with E-state index in [1.54, 1.807) is 41.2 Å². The number of nitrogens with one attached hydrogen (secondary N) is 1. The summed E-state index contributed by atoms with van der Waals surface area (Å²) in [5, 5.41) is 11.4. The Morgan fingerprint density at radius 1 is 1.16 bits per heavy atom. The number of carbonyl (C=O) groups excluding carboxylic acids is 2. The highest BCUT2D eigenvalue weighted by molar-refractivity contribution is 5.95. The molecule has 4 heterocycles. The Kier molecular flexibility index (Phi) is 6.11. The molecule has 0 bridgehead atoms. The molecule has 9 heteroatoms. The van der Waals surface area contributed by atoms with Crippen LogP contribution in [0.3, 0.4) is 0 Å². The van der Waals surface area contributed by atoms with Crippen LogP contribution in [0.2, 0.25) is 0 Å². The van der Waals surface area contributed by atoms with Crippen LogP contribution in [0.25, 0.3) is 5.82 Å². The Balaban J connectivity index is 1.34. The van der Waals surface area contributed by atoms with Gasteiger partial charge in [-0.3, -0.25) is 14.3 Å². The molecule has 9 nitrogen and oxygen atoms in total. The molecule has 1 fully saturated rings. The number of hydrogen-bond donors (Lipinski definition) is 1. The molecule has 4 rings (SSSR count). The molecule has 0 aromatic carbocycles. The summed E-state index contributed by atoms with van der Waals surface area (Å²) >= 11 is 0. The highest BCUT2D eigenvalue weighted by Crippen LogP contribution is 2.21. The summed E-state index contributed by atoms with van der Waals surface area (Å²) in [6.07, 6.45) is 9.03. The predicted molar refractivity (Wildman–Crippen MR) is 115 cm³/mol.